The molecule has 1 aliphatic rings. The summed E-state index contributed by atoms with van der Waals surface area (Å²) in [5.74, 6) is -0.247. The molecule has 2 aromatic carbocycles. The lowest BCUT2D eigenvalue weighted by atomic mass is 10.0. The van der Waals surface area contributed by atoms with Gasteiger partial charge in [-0.2, -0.15) is 0 Å². The van der Waals surface area contributed by atoms with Gasteiger partial charge in [-0.25, -0.2) is 4.39 Å². The van der Waals surface area contributed by atoms with Crippen LogP contribution in [0.3, 0.4) is 0 Å². The van der Waals surface area contributed by atoms with Crippen LogP contribution in [0.1, 0.15) is 5.56 Å². The summed E-state index contributed by atoms with van der Waals surface area (Å²) in [6, 6.07) is 15.5. The third-order valence-corrected chi connectivity index (χ3v) is 4.14. The summed E-state index contributed by atoms with van der Waals surface area (Å²) >= 11 is 6.17. The Morgan fingerprint density at radius 2 is 1.95 bits per heavy atom. The van der Waals surface area contributed by atoms with Crippen molar-refractivity contribution in [1.82, 2.24) is 5.32 Å². The second-order valence-corrected chi connectivity index (χ2v) is 5.76. The quantitative estimate of drug-likeness (QED) is 0.933. The van der Waals surface area contributed by atoms with Crippen LogP contribution in [-0.2, 0) is 6.42 Å². The van der Waals surface area contributed by atoms with Crippen LogP contribution in [0.5, 0.6) is 0 Å². The van der Waals surface area contributed by atoms with E-state index in [0.29, 0.717) is 16.8 Å². The molecular formula is C17H18ClFN2. The summed E-state index contributed by atoms with van der Waals surface area (Å²) in [6.45, 7) is 2.36. The van der Waals surface area contributed by atoms with Crippen LogP contribution in [0.4, 0.5) is 10.1 Å². The van der Waals surface area contributed by atoms with Gasteiger partial charge in [-0.1, -0.05) is 48.0 Å². The smallest absolute Gasteiger partial charge is 0.148 e. The van der Waals surface area contributed by atoms with Crippen molar-refractivity contribution in [2.45, 2.75) is 12.5 Å². The van der Waals surface area contributed by atoms with Crippen LogP contribution in [0.25, 0.3) is 0 Å². The van der Waals surface area contributed by atoms with Gasteiger partial charge in [-0.3, -0.25) is 0 Å². The highest BCUT2D eigenvalue weighted by Gasteiger charge is 2.23. The molecule has 0 amide bonds. The first-order valence-electron chi connectivity index (χ1n) is 7.20. The average molecular weight is 305 g/mol. The summed E-state index contributed by atoms with van der Waals surface area (Å²) < 4.78 is 14.0. The van der Waals surface area contributed by atoms with Crippen molar-refractivity contribution in [3.63, 3.8) is 0 Å². The number of piperazine rings is 1. The van der Waals surface area contributed by atoms with E-state index in [0.717, 1.165) is 26.1 Å². The number of hydrogen-bond donors (Lipinski definition) is 1. The van der Waals surface area contributed by atoms with Crippen LogP contribution in [-0.4, -0.2) is 25.7 Å². The van der Waals surface area contributed by atoms with Crippen molar-refractivity contribution in [1.29, 1.82) is 0 Å². The molecule has 2 nitrogen and oxygen atoms in total. The summed E-state index contributed by atoms with van der Waals surface area (Å²) in [4.78, 5) is 2.04. The standard InChI is InChI=1S/C17H18ClFN2/c18-15-7-4-8-16(19)17(15)21-10-9-20-14(12-21)11-13-5-2-1-3-6-13/h1-8,14,20H,9-12H2. The maximum atomic E-state index is 14.0. The molecule has 1 aliphatic heterocycles. The zero-order chi connectivity index (χ0) is 14.7. The maximum absolute atomic E-state index is 14.0. The van der Waals surface area contributed by atoms with Gasteiger partial charge in [0.05, 0.1) is 10.7 Å². The van der Waals surface area contributed by atoms with E-state index < -0.39 is 0 Å². The van der Waals surface area contributed by atoms with E-state index in [1.807, 2.05) is 23.1 Å². The molecule has 0 bridgehead atoms. The number of halogens is 2. The average Bonchev–Trinajstić information content (AvgIpc) is 2.48. The van der Waals surface area contributed by atoms with E-state index in [-0.39, 0.29) is 5.82 Å². The molecule has 0 spiro atoms. The Bertz CT molecular complexity index is 583. The zero-order valence-electron chi connectivity index (χ0n) is 11.7. The maximum Gasteiger partial charge on any atom is 0.148 e. The molecule has 1 N–H and O–H groups in total. The summed E-state index contributed by atoms with van der Waals surface area (Å²) in [6.07, 6.45) is 0.934. The fourth-order valence-corrected chi connectivity index (χ4v) is 3.14. The Hall–Kier alpha value is -1.58. The molecular weight excluding hydrogens is 287 g/mol. The Morgan fingerprint density at radius 3 is 2.71 bits per heavy atom. The number of rotatable bonds is 3. The van der Waals surface area contributed by atoms with E-state index in [4.69, 9.17) is 11.6 Å². The highest BCUT2D eigenvalue weighted by atomic mass is 35.5. The first kappa shape index (κ1) is 14.4. The van der Waals surface area contributed by atoms with Crippen molar-refractivity contribution >= 4 is 17.3 Å². The highest BCUT2D eigenvalue weighted by Crippen LogP contribution is 2.29. The number of nitrogens with one attached hydrogen (secondary N) is 1. The minimum absolute atomic E-state index is 0.247. The van der Waals surface area contributed by atoms with Crippen molar-refractivity contribution in [2.24, 2.45) is 0 Å². The molecule has 2 aromatic rings. The largest absolute Gasteiger partial charge is 0.365 e. The summed E-state index contributed by atoms with van der Waals surface area (Å²) in [5, 5.41) is 3.98. The van der Waals surface area contributed by atoms with Crippen molar-refractivity contribution in [3.05, 3.63) is 64.9 Å². The lowest BCUT2D eigenvalue weighted by molar-refractivity contribution is 0.450. The van der Waals surface area contributed by atoms with Gasteiger partial charge in [-0.15, -0.1) is 0 Å². The molecule has 4 heteroatoms. The molecule has 21 heavy (non-hydrogen) atoms. The Balaban J connectivity index is 1.74. The van der Waals surface area contributed by atoms with Crippen LogP contribution in [0.2, 0.25) is 5.02 Å². The number of hydrogen-bond acceptors (Lipinski definition) is 2. The van der Waals surface area contributed by atoms with Gasteiger partial charge in [0.15, 0.2) is 0 Å². The molecule has 1 unspecified atom stereocenters. The molecule has 1 fully saturated rings. The van der Waals surface area contributed by atoms with Gasteiger partial charge >= 0.3 is 0 Å². The van der Waals surface area contributed by atoms with Crippen LogP contribution in [0.15, 0.2) is 48.5 Å². The number of nitrogens with zero attached hydrogens (tertiary/aromatic N) is 1. The number of benzene rings is 2. The third kappa shape index (κ3) is 3.36. The highest BCUT2D eigenvalue weighted by molar-refractivity contribution is 6.33. The van der Waals surface area contributed by atoms with Crippen LogP contribution < -0.4 is 10.2 Å². The predicted molar refractivity (Wildman–Crippen MR) is 85.6 cm³/mol. The predicted octanol–water partition coefficient (Wildman–Crippen LogP) is 3.50. The van der Waals surface area contributed by atoms with Crippen LogP contribution in [0, 0.1) is 5.82 Å². The number of anilines is 1. The first-order valence-corrected chi connectivity index (χ1v) is 7.58. The SMILES string of the molecule is Fc1cccc(Cl)c1N1CCNC(Cc2ccccc2)C1. The second-order valence-electron chi connectivity index (χ2n) is 5.36. The minimum atomic E-state index is -0.247. The topological polar surface area (TPSA) is 15.3 Å². The van der Waals surface area contributed by atoms with Crippen molar-refractivity contribution in [3.8, 4) is 0 Å². The molecule has 0 aromatic heterocycles. The third-order valence-electron chi connectivity index (χ3n) is 3.83. The zero-order valence-corrected chi connectivity index (χ0v) is 12.5. The lowest BCUT2D eigenvalue weighted by Gasteiger charge is -2.36. The second kappa shape index (κ2) is 6.46. The van der Waals surface area contributed by atoms with Crippen molar-refractivity contribution in [2.75, 3.05) is 24.5 Å². The van der Waals surface area contributed by atoms with E-state index in [1.54, 1.807) is 12.1 Å². The normalized spacial score (nSPS) is 18.8. The molecule has 1 saturated heterocycles. The minimum Gasteiger partial charge on any atom is -0.365 e. The Morgan fingerprint density at radius 1 is 1.14 bits per heavy atom. The fraction of sp³-hybridized carbons (Fsp3) is 0.294. The number of para-hydroxylation sites is 1. The van der Waals surface area contributed by atoms with Gasteiger partial charge in [-0.05, 0) is 24.1 Å². The van der Waals surface area contributed by atoms with Gasteiger partial charge < -0.3 is 10.2 Å². The molecule has 0 saturated carbocycles. The fourth-order valence-electron chi connectivity index (χ4n) is 2.86. The van der Waals surface area contributed by atoms with E-state index in [2.05, 4.69) is 17.4 Å². The summed E-state index contributed by atoms with van der Waals surface area (Å²) in [5.41, 5.74) is 1.82. The molecule has 1 heterocycles. The van der Waals surface area contributed by atoms with E-state index >= 15 is 0 Å². The lowest BCUT2D eigenvalue weighted by Crippen LogP contribution is -2.52. The Kier molecular flexibility index (Phi) is 4.42. The Labute approximate surface area is 129 Å². The molecule has 0 aliphatic carbocycles. The molecule has 3 rings (SSSR count). The molecule has 0 radical (unpaired) electrons. The molecule has 1 atom stereocenters. The first-order chi connectivity index (χ1) is 10.2. The summed E-state index contributed by atoms with van der Waals surface area (Å²) in [7, 11) is 0. The van der Waals surface area contributed by atoms with E-state index in [1.165, 1.54) is 11.6 Å². The van der Waals surface area contributed by atoms with Gasteiger partial charge in [0.2, 0.25) is 0 Å². The molecule has 110 valence electrons. The van der Waals surface area contributed by atoms with Gasteiger partial charge in [0.25, 0.3) is 0 Å². The van der Waals surface area contributed by atoms with Crippen LogP contribution >= 0.6 is 11.6 Å². The van der Waals surface area contributed by atoms with Gasteiger partial charge in [0.1, 0.15) is 5.82 Å². The monoisotopic (exact) mass is 304 g/mol. The van der Waals surface area contributed by atoms with E-state index in [9.17, 15) is 4.39 Å². The van der Waals surface area contributed by atoms with Gasteiger partial charge in [0, 0.05) is 25.7 Å². The van der Waals surface area contributed by atoms with Crippen molar-refractivity contribution < 1.29 is 4.39 Å².